The smallest absolute Gasteiger partial charge is 0.271 e. The third-order valence-corrected chi connectivity index (χ3v) is 6.15. The monoisotopic (exact) mass is 393 g/mol. The van der Waals surface area contributed by atoms with Gasteiger partial charge >= 0.3 is 0 Å². The van der Waals surface area contributed by atoms with Gasteiger partial charge in [-0.3, -0.25) is 19.3 Å². The minimum atomic E-state index is -1.46. The van der Waals surface area contributed by atoms with Crippen LogP contribution in [0.3, 0.4) is 0 Å². The first kappa shape index (κ1) is 17.8. The summed E-state index contributed by atoms with van der Waals surface area (Å²) in [5, 5.41) is 2.70. The highest BCUT2D eigenvalue weighted by Crippen LogP contribution is 2.47. The van der Waals surface area contributed by atoms with Crippen LogP contribution in [-0.2, 0) is 9.59 Å². The molecule has 7 heteroatoms. The van der Waals surface area contributed by atoms with Gasteiger partial charge in [0, 0.05) is 25.6 Å². The van der Waals surface area contributed by atoms with Crippen LogP contribution in [0.2, 0.25) is 0 Å². The molecule has 0 spiro atoms. The summed E-state index contributed by atoms with van der Waals surface area (Å²) in [6, 6.07) is 11.1. The number of likely N-dealkylation sites (N-methyl/N-ethyl adjacent to an activating group) is 1. The number of amides is 3. The van der Waals surface area contributed by atoms with E-state index >= 15 is 0 Å². The summed E-state index contributed by atoms with van der Waals surface area (Å²) >= 11 is 0. The average Bonchev–Trinajstić information content (AvgIpc) is 3.49. The van der Waals surface area contributed by atoms with Crippen LogP contribution in [0.5, 0.6) is 0 Å². The van der Waals surface area contributed by atoms with E-state index in [0.717, 1.165) is 18.4 Å². The molecule has 2 fully saturated rings. The number of nitrogens with zero attached hydrogens (tertiary/aromatic N) is 2. The topological polar surface area (TPSA) is 69.7 Å². The number of benzene rings is 2. The Morgan fingerprint density at radius 1 is 1.17 bits per heavy atom. The first-order valence-corrected chi connectivity index (χ1v) is 9.74. The molecule has 0 aromatic heterocycles. The van der Waals surface area contributed by atoms with Gasteiger partial charge in [0.2, 0.25) is 11.6 Å². The summed E-state index contributed by atoms with van der Waals surface area (Å²) in [5.41, 5.74) is 0.813. The molecule has 1 N–H and O–H groups in total. The normalized spacial score (nSPS) is 23.1. The van der Waals surface area contributed by atoms with E-state index in [4.69, 9.17) is 0 Å². The van der Waals surface area contributed by atoms with Crippen molar-refractivity contribution in [2.45, 2.75) is 37.3 Å². The van der Waals surface area contributed by atoms with Crippen molar-refractivity contribution in [3.63, 3.8) is 0 Å². The van der Waals surface area contributed by atoms with Crippen LogP contribution in [0.1, 0.15) is 47.5 Å². The second-order valence-electron chi connectivity index (χ2n) is 7.93. The minimum Gasteiger partial charge on any atom is -0.322 e. The molecule has 6 nitrogen and oxygen atoms in total. The highest BCUT2D eigenvalue weighted by Gasteiger charge is 2.59. The zero-order chi connectivity index (χ0) is 20.3. The van der Waals surface area contributed by atoms with Crippen LogP contribution in [0.25, 0.3) is 0 Å². The number of carbonyl (C=O) groups is 3. The van der Waals surface area contributed by atoms with Crippen LogP contribution in [0, 0.1) is 5.82 Å². The molecule has 148 valence electrons. The molecule has 1 aliphatic carbocycles. The summed E-state index contributed by atoms with van der Waals surface area (Å²) in [7, 11) is 1.54. The number of carbonyl (C=O) groups excluding carboxylic acids is 3. The van der Waals surface area contributed by atoms with Gasteiger partial charge in [-0.1, -0.05) is 12.1 Å². The number of halogens is 1. The fraction of sp³-hybridized carbons (Fsp3) is 0.318. The van der Waals surface area contributed by atoms with Crippen molar-refractivity contribution < 1.29 is 18.8 Å². The lowest BCUT2D eigenvalue weighted by Gasteiger charge is -2.47. The molecule has 0 radical (unpaired) electrons. The molecule has 1 saturated heterocycles. The third-order valence-electron chi connectivity index (χ3n) is 6.15. The lowest BCUT2D eigenvalue weighted by Crippen LogP contribution is -2.68. The predicted octanol–water partition coefficient (Wildman–Crippen LogP) is 3.25. The van der Waals surface area contributed by atoms with Crippen molar-refractivity contribution in [1.82, 2.24) is 4.90 Å². The number of nitrogens with one attached hydrogen (secondary N) is 1. The van der Waals surface area contributed by atoms with Gasteiger partial charge in [0.05, 0.1) is 11.3 Å². The van der Waals surface area contributed by atoms with Crippen LogP contribution in [-0.4, -0.2) is 35.3 Å². The number of anilines is 2. The molecule has 1 atom stereocenters. The minimum absolute atomic E-state index is 0.154. The van der Waals surface area contributed by atoms with Crippen molar-refractivity contribution in [1.29, 1.82) is 0 Å². The quantitative estimate of drug-likeness (QED) is 0.870. The molecule has 1 unspecified atom stereocenters. The zero-order valence-corrected chi connectivity index (χ0v) is 15.9. The molecule has 5 rings (SSSR count). The number of hydrogen-bond acceptors (Lipinski definition) is 3. The molecule has 29 heavy (non-hydrogen) atoms. The summed E-state index contributed by atoms with van der Waals surface area (Å²) in [6.45, 7) is 0. The molecule has 3 aliphatic rings. The Balaban J connectivity index is 1.61. The maximum atomic E-state index is 13.6. The van der Waals surface area contributed by atoms with Gasteiger partial charge in [-0.2, -0.15) is 0 Å². The lowest BCUT2D eigenvalue weighted by atomic mass is 9.94. The van der Waals surface area contributed by atoms with E-state index in [1.807, 2.05) is 12.1 Å². The van der Waals surface area contributed by atoms with Gasteiger partial charge in [-0.05, 0) is 54.7 Å². The van der Waals surface area contributed by atoms with Crippen molar-refractivity contribution >= 4 is 29.1 Å². The summed E-state index contributed by atoms with van der Waals surface area (Å²) in [6.07, 6.45) is 2.52. The predicted molar refractivity (Wildman–Crippen MR) is 105 cm³/mol. The average molecular weight is 393 g/mol. The van der Waals surface area contributed by atoms with Crippen LogP contribution in [0.4, 0.5) is 15.8 Å². The number of fused-ring (bicyclic) bond motifs is 3. The molecule has 3 amide bonds. The van der Waals surface area contributed by atoms with Crippen LogP contribution < -0.4 is 10.2 Å². The van der Waals surface area contributed by atoms with E-state index in [1.54, 1.807) is 12.1 Å². The van der Waals surface area contributed by atoms with Gasteiger partial charge < -0.3 is 10.2 Å². The van der Waals surface area contributed by atoms with Crippen molar-refractivity contribution in [3.8, 4) is 0 Å². The lowest BCUT2D eigenvalue weighted by molar-refractivity contribution is -0.128. The van der Waals surface area contributed by atoms with E-state index in [2.05, 4.69) is 5.32 Å². The largest absolute Gasteiger partial charge is 0.322 e. The van der Waals surface area contributed by atoms with E-state index in [1.165, 1.54) is 35.0 Å². The Morgan fingerprint density at radius 2 is 1.97 bits per heavy atom. The zero-order valence-electron chi connectivity index (χ0n) is 15.9. The first-order valence-electron chi connectivity index (χ1n) is 9.74. The highest BCUT2D eigenvalue weighted by atomic mass is 19.1. The van der Waals surface area contributed by atoms with Gasteiger partial charge in [0.15, 0.2) is 0 Å². The van der Waals surface area contributed by atoms with Crippen LogP contribution >= 0.6 is 0 Å². The molecule has 2 aromatic rings. The molecule has 0 bridgehead atoms. The maximum absolute atomic E-state index is 13.6. The van der Waals surface area contributed by atoms with Gasteiger partial charge in [0.1, 0.15) is 5.82 Å². The second-order valence-corrected chi connectivity index (χ2v) is 7.93. The van der Waals surface area contributed by atoms with Crippen molar-refractivity contribution in [3.05, 3.63) is 59.4 Å². The van der Waals surface area contributed by atoms with E-state index in [0.29, 0.717) is 17.2 Å². The Hall–Kier alpha value is -3.22. The molecule has 1 saturated carbocycles. The Kier molecular flexibility index (Phi) is 3.78. The fourth-order valence-electron chi connectivity index (χ4n) is 4.46. The maximum Gasteiger partial charge on any atom is 0.271 e. The summed E-state index contributed by atoms with van der Waals surface area (Å²) in [5.74, 6) is -1.06. The summed E-state index contributed by atoms with van der Waals surface area (Å²) < 4.78 is 13.6. The standard InChI is InChI=1S/C22H20FN3O3/c1-25-20(28)17-8-7-14(13-5-6-13)11-18(17)26-19(27)9-10-22(25,26)21(29)24-16-4-2-3-15(23)12-16/h2-4,7-8,11-13H,5-6,9-10H2,1H3,(H,24,29). The molecular formula is C22H20FN3O3. The van der Waals surface area contributed by atoms with Gasteiger partial charge in [0.25, 0.3) is 11.8 Å². The molecule has 2 heterocycles. The van der Waals surface area contributed by atoms with Crippen LogP contribution in [0.15, 0.2) is 42.5 Å². The first-order chi connectivity index (χ1) is 13.9. The molecule has 2 aromatic carbocycles. The summed E-state index contributed by atoms with van der Waals surface area (Å²) in [4.78, 5) is 42.2. The third kappa shape index (κ3) is 2.57. The Labute approximate surface area is 167 Å². The van der Waals surface area contributed by atoms with E-state index in [-0.39, 0.29) is 30.3 Å². The second kappa shape index (κ2) is 6.14. The van der Waals surface area contributed by atoms with Gasteiger partial charge in [-0.15, -0.1) is 0 Å². The van der Waals surface area contributed by atoms with Crippen molar-refractivity contribution in [2.24, 2.45) is 0 Å². The Morgan fingerprint density at radius 3 is 2.69 bits per heavy atom. The number of hydrogen-bond donors (Lipinski definition) is 1. The molecular weight excluding hydrogens is 373 g/mol. The van der Waals surface area contributed by atoms with Gasteiger partial charge in [-0.25, -0.2) is 4.39 Å². The number of rotatable bonds is 3. The highest BCUT2D eigenvalue weighted by molar-refractivity contribution is 6.18. The van der Waals surface area contributed by atoms with Crippen molar-refractivity contribution in [2.75, 3.05) is 17.3 Å². The van der Waals surface area contributed by atoms with E-state index < -0.39 is 17.4 Å². The SMILES string of the molecule is CN1C(=O)c2ccc(C3CC3)cc2N2C(=O)CCC12C(=O)Nc1cccc(F)c1. The molecule has 2 aliphatic heterocycles. The van der Waals surface area contributed by atoms with E-state index in [9.17, 15) is 18.8 Å². The fourth-order valence-corrected chi connectivity index (χ4v) is 4.46. The Bertz CT molecular complexity index is 1070.